The summed E-state index contributed by atoms with van der Waals surface area (Å²) < 4.78 is 0. The highest BCUT2D eigenvalue weighted by molar-refractivity contribution is 6.25. The molecule has 1 N–H and O–H groups in total. The van der Waals surface area contributed by atoms with Crippen LogP contribution in [-0.2, 0) is 4.79 Å². The normalized spacial score (nSPS) is 4.90. The Morgan fingerprint density at radius 3 is 1.50 bits per heavy atom. The van der Waals surface area contributed by atoms with Crippen LogP contribution in [0.4, 0.5) is 0 Å². The second kappa shape index (κ2) is 24.5. The highest BCUT2D eigenvalue weighted by atomic mass is 35.5. The molecule has 0 aromatic heterocycles. The van der Waals surface area contributed by atoms with Gasteiger partial charge in [0.1, 0.15) is 0 Å². The van der Waals surface area contributed by atoms with Gasteiger partial charge in [-0.1, -0.05) is 24.8 Å². The van der Waals surface area contributed by atoms with Crippen molar-refractivity contribution in [3.63, 3.8) is 0 Å². The third-order valence-electron chi connectivity index (χ3n) is 0.175. The van der Waals surface area contributed by atoms with Crippen molar-refractivity contribution in [2.45, 2.75) is 0 Å². The molecular formula is C7H11ClO2. The molecule has 2 nitrogen and oxygen atoms in total. The van der Waals surface area contributed by atoms with E-state index in [1.807, 2.05) is 0 Å². The smallest absolute Gasteiger partial charge is 0.327 e. The topological polar surface area (TPSA) is 37.3 Å². The number of carboxylic acid groups (broad SMARTS) is 1. The molecule has 0 spiro atoms. The minimum absolute atomic E-state index is 0.833. The lowest BCUT2D eigenvalue weighted by molar-refractivity contribution is -0.131. The first-order chi connectivity index (χ1) is 4.68. The number of hydrogen-bond donors (Lipinski definition) is 1. The van der Waals surface area contributed by atoms with E-state index in [1.165, 1.54) is 5.54 Å². The summed E-state index contributed by atoms with van der Waals surface area (Å²) in [6.07, 6.45) is 0.833. The molecule has 0 aromatic rings. The lowest BCUT2D eigenvalue weighted by atomic mass is 10.7. The summed E-state index contributed by atoms with van der Waals surface area (Å²) in [5.41, 5.74) is 1.22. The van der Waals surface area contributed by atoms with Gasteiger partial charge in [-0.15, -0.1) is 13.2 Å². The molecule has 10 heavy (non-hydrogen) atoms. The fourth-order valence-electron chi connectivity index (χ4n) is 0. The van der Waals surface area contributed by atoms with Gasteiger partial charge in [-0.3, -0.25) is 0 Å². The average Bonchev–Trinajstić information content (AvgIpc) is 1.94. The summed E-state index contributed by atoms with van der Waals surface area (Å²) in [5, 5.41) is 7.60. The van der Waals surface area contributed by atoms with Crippen molar-refractivity contribution >= 4 is 17.6 Å². The molecule has 0 aliphatic rings. The summed E-state index contributed by atoms with van der Waals surface area (Å²) in [7, 11) is 0. The predicted octanol–water partition coefficient (Wildman–Crippen LogP) is 2.43. The zero-order valence-electron chi connectivity index (χ0n) is 5.72. The minimum Gasteiger partial charge on any atom is -0.478 e. The predicted molar refractivity (Wildman–Crippen MR) is 45.1 cm³/mol. The Morgan fingerprint density at radius 1 is 1.40 bits per heavy atom. The zero-order chi connectivity index (χ0) is 8.99. The lowest BCUT2D eigenvalue weighted by Crippen LogP contribution is -1.82. The van der Waals surface area contributed by atoms with E-state index in [1.54, 1.807) is 0 Å². The maximum Gasteiger partial charge on any atom is 0.327 e. The highest BCUT2D eigenvalue weighted by Gasteiger charge is 1.73. The van der Waals surface area contributed by atoms with Gasteiger partial charge in [-0.25, -0.2) is 4.79 Å². The number of carboxylic acids is 1. The van der Waals surface area contributed by atoms with Crippen LogP contribution >= 0.6 is 11.6 Å². The first-order valence-corrected chi connectivity index (χ1v) is 2.69. The molecule has 0 bridgehead atoms. The Hall–Kier alpha value is -1.02. The van der Waals surface area contributed by atoms with Gasteiger partial charge < -0.3 is 5.11 Å². The third kappa shape index (κ3) is 260. The molecule has 0 radical (unpaired) electrons. The molecule has 0 atom stereocenters. The first kappa shape index (κ1) is 16.0. The van der Waals surface area contributed by atoms with Crippen LogP contribution in [0.25, 0.3) is 0 Å². The first-order valence-electron chi connectivity index (χ1n) is 2.25. The molecule has 0 saturated heterocycles. The number of rotatable bonds is 1. The van der Waals surface area contributed by atoms with Crippen LogP contribution in [0, 0.1) is 0 Å². The van der Waals surface area contributed by atoms with E-state index in [2.05, 4.69) is 26.3 Å². The number of carbonyl (C=O) groups is 1. The Balaban J connectivity index is -0.0000000847. The van der Waals surface area contributed by atoms with E-state index in [4.69, 9.17) is 16.7 Å². The van der Waals surface area contributed by atoms with E-state index in [-0.39, 0.29) is 0 Å². The monoisotopic (exact) mass is 162 g/mol. The van der Waals surface area contributed by atoms with Crippen LogP contribution in [0.5, 0.6) is 0 Å². The van der Waals surface area contributed by atoms with Crippen molar-refractivity contribution in [2.75, 3.05) is 0 Å². The van der Waals surface area contributed by atoms with Gasteiger partial charge in [-0.2, -0.15) is 0 Å². The van der Waals surface area contributed by atoms with E-state index < -0.39 is 5.97 Å². The van der Waals surface area contributed by atoms with Crippen LogP contribution in [-0.4, -0.2) is 11.1 Å². The standard InChI is InChI=1S/C3H4O2.C2H3Cl.C2H4/c1-2-3(4)5;1-2-3;1-2/h2H,1H2,(H,4,5);2H,1H2;1-2H2. The van der Waals surface area contributed by atoms with Crippen LogP contribution in [0.2, 0.25) is 0 Å². The average molecular weight is 163 g/mol. The maximum absolute atomic E-state index is 9.25. The fraction of sp³-hybridized carbons (Fsp3) is 0. The summed E-state index contributed by atoms with van der Waals surface area (Å²) in [6, 6.07) is 0. The Bertz CT molecular complexity index is 99.8. The molecule has 0 rings (SSSR count). The molecule has 0 saturated carbocycles. The lowest BCUT2D eigenvalue weighted by Gasteiger charge is -1.64. The van der Waals surface area contributed by atoms with Crippen molar-refractivity contribution in [1.29, 1.82) is 0 Å². The van der Waals surface area contributed by atoms with E-state index in [9.17, 15) is 4.79 Å². The van der Waals surface area contributed by atoms with Crippen LogP contribution in [0.15, 0.2) is 37.9 Å². The molecule has 0 amide bonds. The molecule has 0 aromatic carbocycles. The van der Waals surface area contributed by atoms with E-state index in [0.717, 1.165) is 6.08 Å². The van der Waals surface area contributed by atoms with E-state index >= 15 is 0 Å². The molecule has 0 heterocycles. The van der Waals surface area contributed by atoms with Crippen LogP contribution < -0.4 is 0 Å². The Kier molecular flexibility index (Phi) is 39.2. The van der Waals surface area contributed by atoms with Gasteiger partial charge in [0.25, 0.3) is 0 Å². The Labute approximate surface area is 66.1 Å². The van der Waals surface area contributed by atoms with Crippen LogP contribution in [0.1, 0.15) is 0 Å². The summed E-state index contributed by atoms with van der Waals surface area (Å²) >= 11 is 4.76. The third-order valence-corrected chi connectivity index (χ3v) is 0.175. The SMILES string of the molecule is C=C.C=CC(=O)O.C=CCl. The quantitative estimate of drug-likeness (QED) is 0.475. The largest absolute Gasteiger partial charge is 0.478 e. The number of halogens is 1. The fourth-order valence-corrected chi connectivity index (χ4v) is 0. The molecular weight excluding hydrogens is 152 g/mol. The van der Waals surface area contributed by atoms with Gasteiger partial charge in [-0.05, 0) is 5.54 Å². The number of hydrogen-bond acceptors (Lipinski definition) is 1. The minimum atomic E-state index is -0.981. The van der Waals surface area contributed by atoms with Gasteiger partial charge in [0.15, 0.2) is 0 Å². The van der Waals surface area contributed by atoms with Crippen LogP contribution in [0.3, 0.4) is 0 Å². The molecule has 0 aliphatic heterocycles. The zero-order valence-corrected chi connectivity index (χ0v) is 6.47. The van der Waals surface area contributed by atoms with Crippen molar-refractivity contribution < 1.29 is 9.90 Å². The van der Waals surface area contributed by atoms with Gasteiger partial charge in [0, 0.05) is 6.08 Å². The van der Waals surface area contributed by atoms with Gasteiger partial charge in [0.2, 0.25) is 0 Å². The van der Waals surface area contributed by atoms with Crippen molar-refractivity contribution in [3.05, 3.63) is 37.9 Å². The summed E-state index contributed by atoms with van der Waals surface area (Å²) in [6.45, 7) is 12.1. The maximum atomic E-state index is 9.25. The molecule has 3 heteroatoms. The van der Waals surface area contributed by atoms with Gasteiger partial charge >= 0.3 is 5.97 Å². The second-order valence-corrected chi connectivity index (χ2v) is 1.01. The molecule has 0 fully saturated rings. The molecule has 58 valence electrons. The summed E-state index contributed by atoms with van der Waals surface area (Å²) in [5.74, 6) is -0.981. The molecule has 0 aliphatic carbocycles. The summed E-state index contributed by atoms with van der Waals surface area (Å²) in [4.78, 5) is 9.25. The van der Waals surface area contributed by atoms with Crippen molar-refractivity contribution in [3.8, 4) is 0 Å². The number of aliphatic carboxylic acids is 1. The molecule has 0 unspecified atom stereocenters. The van der Waals surface area contributed by atoms with Crippen molar-refractivity contribution in [1.82, 2.24) is 0 Å². The Morgan fingerprint density at radius 2 is 1.50 bits per heavy atom. The highest BCUT2D eigenvalue weighted by Crippen LogP contribution is 1.60. The second-order valence-electron chi connectivity index (χ2n) is 0.697. The van der Waals surface area contributed by atoms with Gasteiger partial charge in [0.05, 0.1) is 0 Å². The van der Waals surface area contributed by atoms with E-state index in [0.29, 0.717) is 0 Å². The van der Waals surface area contributed by atoms with Crippen molar-refractivity contribution in [2.24, 2.45) is 0 Å².